The van der Waals surface area contributed by atoms with Gasteiger partial charge in [-0.2, -0.15) is 0 Å². The molecule has 0 atom stereocenters. The van der Waals surface area contributed by atoms with Crippen molar-refractivity contribution in [1.29, 1.82) is 0 Å². The molecule has 0 aliphatic heterocycles. The number of fused-ring (bicyclic) bond motifs is 1. The van der Waals surface area contributed by atoms with Gasteiger partial charge in [-0.3, -0.25) is 4.72 Å². The number of benzene rings is 3. The molecule has 0 bridgehead atoms. The molecular formula is C23H16N3O2S. The predicted molar refractivity (Wildman–Crippen MR) is 114 cm³/mol. The number of nitrogens with zero attached hydrogens (tertiary/aromatic N) is 2. The Balaban J connectivity index is 1.65. The van der Waals surface area contributed by atoms with E-state index in [1.54, 1.807) is 42.5 Å². The maximum atomic E-state index is 12.6. The Morgan fingerprint density at radius 2 is 1.83 bits per heavy atom. The zero-order chi connectivity index (χ0) is 20.4. The highest BCUT2D eigenvalue weighted by atomic mass is 32.2. The minimum Gasteiger partial charge on any atom is -0.280 e. The summed E-state index contributed by atoms with van der Waals surface area (Å²) >= 11 is 0. The Bertz CT molecular complexity index is 1360. The Hall–Kier alpha value is -3.69. The molecule has 6 heteroatoms. The Morgan fingerprint density at radius 3 is 2.59 bits per heavy atom. The normalized spacial score (nSPS) is 11.2. The largest absolute Gasteiger partial charge is 0.280 e. The van der Waals surface area contributed by atoms with Crippen molar-refractivity contribution in [2.45, 2.75) is 11.8 Å². The molecule has 4 aromatic rings. The molecular weight excluding hydrogens is 382 g/mol. The third-order valence-electron chi connectivity index (χ3n) is 4.38. The molecule has 0 saturated carbocycles. The van der Waals surface area contributed by atoms with Crippen LogP contribution in [0.4, 0.5) is 5.69 Å². The van der Waals surface area contributed by atoms with Crippen LogP contribution in [0.2, 0.25) is 0 Å². The smallest absolute Gasteiger partial charge is 0.261 e. The van der Waals surface area contributed by atoms with Crippen molar-refractivity contribution in [3.8, 4) is 23.7 Å². The molecule has 3 aromatic carbocycles. The second kappa shape index (κ2) is 7.38. The van der Waals surface area contributed by atoms with Crippen LogP contribution in [-0.4, -0.2) is 18.4 Å². The Labute approximate surface area is 169 Å². The third-order valence-corrected chi connectivity index (χ3v) is 5.77. The molecule has 1 aromatic heterocycles. The zero-order valence-corrected chi connectivity index (χ0v) is 16.4. The van der Waals surface area contributed by atoms with Gasteiger partial charge >= 0.3 is 0 Å². The molecule has 0 spiro atoms. The van der Waals surface area contributed by atoms with Crippen molar-refractivity contribution < 1.29 is 8.42 Å². The molecule has 0 fully saturated rings. The average molecular weight is 398 g/mol. The average Bonchev–Trinajstić information content (AvgIpc) is 2.73. The van der Waals surface area contributed by atoms with Crippen LogP contribution < -0.4 is 4.72 Å². The lowest BCUT2D eigenvalue weighted by Crippen LogP contribution is -2.12. The highest BCUT2D eigenvalue weighted by Gasteiger charge is 2.14. The second-order valence-corrected chi connectivity index (χ2v) is 8.22. The van der Waals surface area contributed by atoms with Crippen molar-refractivity contribution in [1.82, 2.24) is 9.97 Å². The first-order valence-electron chi connectivity index (χ1n) is 8.81. The molecule has 5 nitrogen and oxygen atoms in total. The lowest BCUT2D eigenvalue weighted by Gasteiger charge is -2.09. The van der Waals surface area contributed by atoms with E-state index in [2.05, 4.69) is 26.8 Å². The van der Waals surface area contributed by atoms with E-state index in [9.17, 15) is 8.42 Å². The van der Waals surface area contributed by atoms with E-state index in [0.29, 0.717) is 22.4 Å². The van der Waals surface area contributed by atoms with Crippen LogP contribution in [0.1, 0.15) is 11.1 Å². The molecule has 0 unspecified atom stereocenters. The molecule has 29 heavy (non-hydrogen) atoms. The van der Waals surface area contributed by atoms with Crippen molar-refractivity contribution >= 4 is 26.6 Å². The topological polar surface area (TPSA) is 72.0 Å². The molecule has 1 N–H and O–H groups in total. The van der Waals surface area contributed by atoms with E-state index in [1.807, 2.05) is 31.2 Å². The molecule has 0 amide bonds. The number of aromatic nitrogens is 2. The maximum Gasteiger partial charge on any atom is 0.261 e. The predicted octanol–water partition coefficient (Wildman–Crippen LogP) is 4.19. The fraction of sp³-hybridized carbons (Fsp3) is 0.0435. The maximum absolute atomic E-state index is 12.6. The van der Waals surface area contributed by atoms with Gasteiger partial charge in [0.25, 0.3) is 10.0 Å². The van der Waals surface area contributed by atoms with Gasteiger partial charge in [0.15, 0.2) is 5.82 Å². The standard InChI is InChI=1S/C23H16N3O2S/c1-3-17-5-4-6-18(13-17)23-24-15-19-14-20(9-12-22(19)25-23)26-29(27,28)21-10-7-16(2)8-11-21/h1,4-14,26H,2H3. The summed E-state index contributed by atoms with van der Waals surface area (Å²) in [4.78, 5) is 9.02. The van der Waals surface area contributed by atoms with Crippen LogP contribution in [0.25, 0.3) is 22.3 Å². The molecule has 0 saturated heterocycles. The highest BCUT2D eigenvalue weighted by Crippen LogP contribution is 2.23. The van der Waals surface area contributed by atoms with Crippen LogP contribution in [0, 0.1) is 25.5 Å². The van der Waals surface area contributed by atoms with Gasteiger partial charge < -0.3 is 0 Å². The van der Waals surface area contributed by atoms with Gasteiger partial charge in [-0.05, 0) is 49.4 Å². The number of hydrogen-bond acceptors (Lipinski definition) is 4. The van der Waals surface area contributed by atoms with E-state index in [1.165, 1.54) is 0 Å². The number of anilines is 1. The number of sulfonamides is 1. The van der Waals surface area contributed by atoms with Crippen LogP contribution in [0.3, 0.4) is 0 Å². The van der Waals surface area contributed by atoms with Crippen LogP contribution in [-0.2, 0) is 10.0 Å². The fourth-order valence-corrected chi connectivity index (χ4v) is 3.90. The first-order chi connectivity index (χ1) is 13.9. The molecule has 1 heterocycles. The molecule has 0 aliphatic rings. The van der Waals surface area contributed by atoms with Gasteiger partial charge in [0, 0.05) is 22.2 Å². The van der Waals surface area contributed by atoms with E-state index in [0.717, 1.165) is 16.7 Å². The minimum atomic E-state index is -3.68. The van der Waals surface area contributed by atoms with Gasteiger partial charge in [-0.1, -0.05) is 35.7 Å². The van der Waals surface area contributed by atoms with E-state index in [-0.39, 0.29) is 4.90 Å². The number of aryl methyl sites for hydroxylation is 1. The van der Waals surface area contributed by atoms with Crippen LogP contribution in [0.5, 0.6) is 0 Å². The van der Waals surface area contributed by atoms with Crippen LogP contribution >= 0.6 is 0 Å². The third kappa shape index (κ3) is 3.96. The molecule has 4 rings (SSSR count). The van der Waals surface area contributed by atoms with Gasteiger partial charge in [-0.25, -0.2) is 18.4 Å². The molecule has 0 aliphatic carbocycles. The summed E-state index contributed by atoms with van der Waals surface area (Å²) in [5.41, 5.74) is 3.60. The number of terminal acetylenes is 1. The van der Waals surface area contributed by atoms with Gasteiger partial charge in [-0.15, -0.1) is 6.42 Å². The first kappa shape index (κ1) is 18.7. The lowest BCUT2D eigenvalue weighted by atomic mass is 10.1. The monoisotopic (exact) mass is 398 g/mol. The number of nitrogens with one attached hydrogen (secondary N) is 1. The summed E-state index contributed by atoms with van der Waals surface area (Å²) in [7, 11) is -3.68. The zero-order valence-electron chi connectivity index (χ0n) is 15.5. The quantitative estimate of drug-likeness (QED) is 0.523. The SMILES string of the molecule is C#Cc1cccc(-c2n[c]c3cc(NS(=O)(=O)c4ccc(C)cc4)ccc3n2)c1. The summed E-state index contributed by atoms with van der Waals surface area (Å²) in [5.74, 6) is 3.09. The summed E-state index contributed by atoms with van der Waals surface area (Å²) in [6.07, 6.45) is 8.38. The molecule has 1 radical (unpaired) electrons. The van der Waals surface area contributed by atoms with Crippen molar-refractivity contribution in [3.63, 3.8) is 0 Å². The summed E-state index contributed by atoms with van der Waals surface area (Å²) in [6, 6.07) is 19.1. The summed E-state index contributed by atoms with van der Waals surface area (Å²) < 4.78 is 27.7. The Morgan fingerprint density at radius 1 is 1.03 bits per heavy atom. The molecule has 141 valence electrons. The van der Waals surface area contributed by atoms with Crippen LogP contribution in [0.15, 0.2) is 71.6 Å². The highest BCUT2D eigenvalue weighted by molar-refractivity contribution is 7.92. The van der Waals surface area contributed by atoms with E-state index < -0.39 is 10.0 Å². The lowest BCUT2D eigenvalue weighted by molar-refractivity contribution is 0.601. The minimum absolute atomic E-state index is 0.201. The van der Waals surface area contributed by atoms with Crippen molar-refractivity contribution in [2.24, 2.45) is 0 Å². The summed E-state index contributed by atoms with van der Waals surface area (Å²) in [6.45, 7) is 1.90. The summed E-state index contributed by atoms with van der Waals surface area (Å²) in [5, 5.41) is 0.603. The fourth-order valence-electron chi connectivity index (χ4n) is 2.85. The van der Waals surface area contributed by atoms with Gasteiger partial charge in [0.1, 0.15) is 6.20 Å². The van der Waals surface area contributed by atoms with E-state index >= 15 is 0 Å². The number of rotatable bonds is 4. The van der Waals surface area contributed by atoms with Gasteiger partial charge in [0.2, 0.25) is 0 Å². The second-order valence-electron chi connectivity index (χ2n) is 6.53. The van der Waals surface area contributed by atoms with Crippen molar-refractivity contribution in [3.05, 3.63) is 84.1 Å². The van der Waals surface area contributed by atoms with Crippen molar-refractivity contribution in [2.75, 3.05) is 4.72 Å². The Kier molecular flexibility index (Phi) is 4.75. The van der Waals surface area contributed by atoms with Gasteiger partial charge in [0.05, 0.1) is 10.4 Å². The van der Waals surface area contributed by atoms with E-state index in [4.69, 9.17) is 6.42 Å². The number of hydrogen-bond donors (Lipinski definition) is 1. The first-order valence-corrected chi connectivity index (χ1v) is 10.3.